The number of ketones is 2. The predicted octanol–water partition coefficient (Wildman–Crippen LogP) is 6.53. The summed E-state index contributed by atoms with van der Waals surface area (Å²) >= 11 is 0. The van der Waals surface area contributed by atoms with Gasteiger partial charge in [-0.05, 0) is 119 Å². The summed E-state index contributed by atoms with van der Waals surface area (Å²) in [6.07, 6.45) is 5.40. The minimum atomic E-state index is -3.11. The summed E-state index contributed by atoms with van der Waals surface area (Å²) in [4.78, 5) is 125. The van der Waals surface area contributed by atoms with E-state index in [2.05, 4.69) is 29.1 Å². The Morgan fingerprint density at radius 3 is 2.07 bits per heavy atom. The lowest BCUT2D eigenvalue weighted by Gasteiger charge is -2.31. The number of aliphatic hydroxyl groups excluding tert-OH is 1. The monoisotopic (exact) mass is 1400 g/mol. The summed E-state index contributed by atoms with van der Waals surface area (Å²) in [5.74, 6) is -1.93. The first-order valence-electron chi connectivity index (χ1n) is 33.5. The molecule has 7 amide bonds. The van der Waals surface area contributed by atoms with Crippen molar-refractivity contribution in [1.29, 1.82) is 0 Å². The van der Waals surface area contributed by atoms with Crippen LogP contribution in [0.2, 0.25) is 0 Å². The van der Waals surface area contributed by atoms with Crippen molar-refractivity contribution < 1.29 is 89.3 Å². The maximum absolute atomic E-state index is 14.3. The number of carbonyl (C=O) groups excluding carboxylic acids is 9. The Morgan fingerprint density at radius 2 is 1.37 bits per heavy atom. The van der Waals surface area contributed by atoms with Gasteiger partial charge in [0.25, 0.3) is 23.6 Å². The summed E-state index contributed by atoms with van der Waals surface area (Å²) in [7, 11) is -1.57. The first-order valence-corrected chi connectivity index (χ1v) is 34.5. The Labute approximate surface area is 582 Å². The van der Waals surface area contributed by atoms with Crippen LogP contribution in [0.5, 0.6) is 17.2 Å². The number of carbonyl (C=O) groups is 9. The minimum Gasteiger partial charge on any atom is -0.493 e. The smallest absolute Gasteiger partial charge is 0.425 e. The molecular formula is C72H88N8O19S. The van der Waals surface area contributed by atoms with E-state index in [1.165, 1.54) is 17.1 Å². The van der Waals surface area contributed by atoms with Gasteiger partial charge in [0.1, 0.15) is 30.0 Å². The number of aryl methyl sites for hydroxylation is 1. The lowest BCUT2D eigenvalue weighted by atomic mass is 9.92. The van der Waals surface area contributed by atoms with E-state index in [0.717, 1.165) is 39.4 Å². The molecule has 0 aliphatic carbocycles. The first kappa shape index (κ1) is 76.1. The van der Waals surface area contributed by atoms with Gasteiger partial charge in [0, 0.05) is 94.4 Å². The molecule has 0 spiro atoms. The van der Waals surface area contributed by atoms with E-state index in [0.29, 0.717) is 117 Å². The maximum Gasteiger partial charge on any atom is 0.425 e. The average molecular weight is 1400 g/mol. The van der Waals surface area contributed by atoms with Crippen LogP contribution in [0, 0.1) is 12.8 Å². The highest BCUT2D eigenvalue weighted by molar-refractivity contribution is 7.59. The third kappa shape index (κ3) is 21.5. The van der Waals surface area contributed by atoms with Gasteiger partial charge in [0.2, 0.25) is 11.8 Å². The van der Waals surface area contributed by atoms with E-state index in [1.54, 1.807) is 49.6 Å². The van der Waals surface area contributed by atoms with Crippen LogP contribution >= 0.6 is 0 Å². The van der Waals surface area contributed by atoms with Gasteiger partial charge < -0.3 is 65.0 Å². The number of anilines is 3. The molecule has 100 heavy (non-hydrogen) atoms. The SMILES string of the molecule is C=C1CC2CNc3cc(OCCCCCOc4cc5c(cc4C)C(=O)N4CC(=C)CC4C(O)N5C(=O)OCc4ccc(NC(=O)C(CCCCN)NC(=O)C(CC(=O)CCOCCOCCCC(=O)CCN5C(=O)C=CC5=O)Cc5ccccc5)cc4)c(OC)cc3C(=O)N2C1.O=S(=O)=O. The van der Waals surface area contributed by atoms with Crippen LogP contribution in [-0.4, -0.2) is 189 Å². The molecule has 5 unspecified atom stereocenters. The third-order valence-electron chi connectivity index (χ3n) is 17.6. The van der Waals surface area contributed by atoms with E-state index >= 15 is 0 Å². The van der Waals surface area contributed by atoms with Gasteiger partial charge in [0.05, 0.1) is 74.7 Å². The van der Waals surface area contributed by atoms with Gasteiger partial charge in [-0.2, -0.15) is 0 Å². The van der Waals surface area contributed by atoms with Crippen LogP contribution < -0.4 is 40.8 Å². The van der Waals surface area contributed by atoms with E-state index in [-0.39, 0.29) is 125 Å². The highest BCUT2D eigenvalue weighted by Crippen LogP contribution is 2.41. The second-order valence-corrected chi connectivity index (χ2v) is 25.5. The molecule has 0 saturated carbocycles. The molecule has 5 atom stereocenters. The third-order valence-corrected chi connectivity index (χ3v) is 17.6. The van der Waals surface area contributed by atoms with Crippen molar-refractivity contribution in [3.8, 4) is 17.2 Å². The van der Waals surface area contributed by atoms with Crippen LogP contribution in [-0.2, 0) is 66.6 Å². The molecule has 4 aromatic rings. The molecular weight excluding hydrogens is 1310 g/mol. The molecule has 5 aliphatic heterocycles. The molecule has 5 aliphatic rings. The second kappa shape index (κ2) is 37.5. The quantitative estimate of drug-likeness (QED) is 0.0183. The fourth-order valence-electron chi connectivity index (χ4n) is 12.4. The first-order chi connectivity index (χ1) is 48.1. The lowest BCUT2D eigenvalue weighted by molar-refractivity contribution is -0.137. The topological polar surface area (TPSA) is 356 Å². The Morgan fingerprint density at radius 1 is 0.700 bits per heavy atom. The van der Waals surface area contributed by atoms with Crippen molar-refractivity contribution >= 4 is 80.8 Å². The van der Waals surface area contributed by atoms with Gasteiger partial charge >= 0.3 is 16.7 Å². The number of fused-ring (bicyclic) bond motifs is 4. The number of nitrogens with two attached hydrogens (primary N) is 1. The number of unbranched alkanes of at least 4 members (excludes halogenated alkanes) is 3. The normalized spacial score (nSPS) is 17.3. The predicted molar refractivity (Wildman–Crippen MR) is 367 cm³/mol. The van der Waals surface area contributed by atoms with Crippen molar-refractivity contribution in [1.82, 2.24) is 20.0 Å². The maximum atomic E-state index is 14.3. The Bertz CT molecular complexity index is 3770. The largest absolute Gasteiger partial charge is 0.493 e. The molecule has 6 N–H and O–H groups in total. The van der Waals surface area contributed by atoms with Crippen LogP contribution in [0.25, 0.3) is 0 Å². The molecule has 0 bridgehead atoms. The molecule has 2 fully saturated rings. The Kier molecular flexibility index (Phi) is 28.6. The highest BCUT2D eigenvalue weighted by atomic mass is 32.2. The Balaban J connectivity index is 0.00000309. The van der Waals surface area contributed by atoms with Crippen molar-refractivity contribution in [2.24, 2.45) is 11.7 Å². The van der Waals surface area contributed by atoms with Crippen LogP contribution in [0.3, 0.4) is 0 Å². The fourth-order valence-corrected chi connectivity index (χ4v) is 12.4. The number of hydrogen-bond acceptors (Lipinski definition) is 21. The Hall–Kier alpha value is -9.61. The van der Waals surface area contributed by atoms with Crippen LogP contribution in [0.15, 0.2) is 115 Å². The van der Waals surface area contributed by atoms with Crippen LogP contribution in [0.1, 0.15) is 121 Å². The van der Waals surface area contributed by atoms with E-state index in [4.69, 9.17) is 46.8 Å². The number of nitrogens with zero attached hydrogens (tertiary/aromatic N) is 4. The molecule has 4 aromatic carbocycles. The molecule has 5 heterocycles. The molecule has 0 aromatic heterocycles. The van der Waals surface area contributed by atoms with Crippen molar-refractivity contribution in [3.05, 3.63) is 143 Å². The number of benzene rings is 4. The number of hydrogen-bond donors (Lipinski definition) is 5. The lowest BCUT2D eigenvalue weighted by Crippen LogP contribution is -2.50. The summed E-state index contributed by atoms with van der Waals surface area (Å²) in [5, 5.41) is 21.2. The van der Waals surface area contributed by atoms with Gasteiger partial charge in [0.15, 0.2) is 17.7 Å². The van der Waals surface area contributed by atoms with E-state index < -0.39 is 64.6 Å². The number of amides is 7. The van der Waals surface area contributed by atoms with Crippen molar-refractivity contribution in [3.63, 3.8) is 0 Å². The van der Waals surface area contributed by atoms with E-state index in [1.807, 2.05) is 48.2 Å². The summed E-state index contributed by atoms with van der Waals surface area (Å²) < 4.78 is 60.6. The number of aliphatic hydroxyl groups is 1. The number of Topliss-reactive ketones (excluding diaryl/α,β-unsaturated/α-hetero) is 2. The van der Waals surface area contributed by atoms with E-state index in [9.17, 15) is 48.3 Å². The molecule has 2 saturated heterocycles. The van der Waals surface area contributed by atoms with Crippen molar-refractivity contribution in [2.75, 3.05) is 95.0 Å². The van der Waals surface area contributed by atoms with Gasteiger partial charge in [-0.25, -0.2) is 9.69 Å². The summed E-state index contributed by atoms with van der Waals surface area (Å²) in [6, 6.07) is 20.9. The zero-order valence-corrected chi connectivity index (χ0v) is 57.2. The average Bonchev–Trinajstić information content (AvgIpc) is 1.59. The minimum absolute atomic E-state index is 0.0414. The second-order valence-electron chi connectivity index (χ2n) is 25.0. The number of methoxy groups -OCH3 is 1. The van der Waals surface area contributed by atoms with Crippen molar-refractivity contribution in [2.45, 2.75) is 128 Å². The standard InChI is InChI=1S/C72H88N8O16.O3S/c1-46-34-53-42-74-59-40-64(63(91-4)39-56(59)69(87)78(53)43-46)95-30-12-6-11-29-94-62-41-60-57(36-48(62)3)70(88)79-44-47(2)35-61(79)71(89)80(60)72(90)96-45-50-18-20-52(21-19-50)75-68(86)58(17-9-10-26-73)76-67(85)51(37-49-14-7-5-8-15-49)38-55(82)25-31-93-33-32-92-28-13-16-54(81)24-27-77-65(83)22-23-66(77)84;1-4(2)3/h5,7-8,14-15,18-23,36,39-41,51,53,58,61,71,74,89H,1-2,6,9-13,16-17,24-35,37-38,42-45,73H2,3-4H3,(H,75,86)(H,76,85);. The molecule has 0 radical (unpaired) electrons. The highest BCUT2D eigenvalue weighted by Gasteiger charge is 2.46. The molecule has 9 rings (SSSR count). The number of imide groups is 1. The zero-order valence-electron chi connectivity index (χ0n) is 56.4. The molecule has 28 heteroatoms. The number of nitrogens with one attached hydrogen (secondary N) is 3. The number of ether oxygens (including phenoxy) is 6. The molecule has 536 valence electrons. The summed E-state index contributed by atoms with van der Waals surface area (Å²) in [6.45, 7) is 13.0. The number of rotatable bonds is 36. The fraction of sp³-hybridized carbons (Fsp3) is 0.458. The summed E-state index contributed by atoms with van der Waals surface area (Å²) in [5.41, 5.74) is 11.6. The van der Waals surface area contributed by atoms with Crippen LogP contribution in [0.4, 0.5) is 21.9 Å². The van der Waals surface area contributed by atoms with Gasteiger partial charge in [-0.1, -0.05) is 66.8 Å². The zero-order chi connectivity index (χ0) is 71.8. The molecule has 27 nitrogen and oxygen atoms in total. The van der Waals surface area contributed by atoms with Gasteiger partial charge in [-0.3, -0.25) is 43.3 Å². The van der Waals surface area contributed by atoms with Gasteiger partial charge in [-0.15, -0.1) is 12.6 Å².